The number of para-hydroxylation sites is 1. The number of benzene rings is 2. The highest BCUT2D eigenvalue weighted by Gasteiger charge is 2.12. The van der Waals surface area contributed by atoms with Crippen molar-refractivity contribution in [1.82, 2.24) is 4.57 Å². The summed E-state index contributed by atoms with van der Waals surface area (Å²) in [6.45, 7) is 0. The lowest BCUT2D eigenvalue weighted by molar-refractivity contribution is -0.117. The summed E-state index contributed by atoms with van der Waals surface area (Å²) in [7, 11) is 1.85. The topological polar surface area (TPSA) is 76.6 Å². The average Bonchev–Trinajstić information content (AvgIpc) is 3.29. The molecule has 2 aromatic heterocycles. The predicted molar refractivity (Wildman–Crippen MR) is 108 cm³/mol. The highest BCUT2D eigenvalue weighted by Crippen LogP contribution is 2.20. The van der Waals surface area contributed by atoms with E-state index in [9.17, 15) is 9.59 Å². The van der Waals surface area contributed by atoms with Crippen LogP contribution in [0, 0.1) is 0 Å². The van der Waals surface area contributed by atoms with Crippen LogP contribution in [-0.2, 0) is 18.3 Å². The minimum absolute atomic E-state index is 0.204. The first-order valence-corrected chi connectivity index (χ1v) is 9.53. The molecular formula is C21H17N3O3S. The van der Waals surface area contributed by atoms with Gasteiger partial charge in [0, 0.05) is 29.7 Å². The van der Waals surface area contributed by atoms with E-state index in [0.29, 0.717) is 16.1 Å². The molecular weight excluding hydrogens is 374 g/mol. The molecule has 4 rings (SSSR count). The van der Waals surface area contributed by atoms with E-state index in [1.807, 2.05) is 42.9 Å². The fraction of sp³-hybridized carbons (Fsp3) is 0.0952. The molecule has 0 atom stereocenters. The van der Waals surface area contributed by atoms with Crippen LogP contribution in [0.4, 0.5) is 5.69 Å². The zero-order valence-corrected chi connectivity index (χ0v) is 15.9. The number of amides is 2. The van der Waals surface area contributed by atoms with Gasteiger partial charge in [0.25, 0.3) is 11.8 Å². The standard InChI is InChI=1S/C21H17N3O3S/c1-24-10-11-28-21(24)23-19(25)12-14-6-8-16(9-7-14)22-20(26)18-13-15-4-2-3-5-17(15)27-18/h2-11,13H,12H2,1H3,(H,22,26). The van der Waals surface area contributed by atoms with Gasteiger partial charge in [-0.2, -0.15) is 4.99 Å². The molecule has 4 aromatic rings. The van der Waals surface area contributed by atoms with Gasteiger partial charge in [0.1, 0.15) is 5.58 Å². The van der Waals surface area contributed by atoms with Gasteiger partial charge in [0.2, 0.25) is 0 Å². The van der Waals surface area contributed by atoms with E-state index < -0.39 is 0 Å². The molecule has 0 saturated heterocycles. The number of nitrogens with zero attached hydrogens (tertiary/aromatic N) is 2. The molecule has 0 unspecified atom stereocenters. The van der Waals surface area contributed by atoms with Crippen molar-refractivity contribution >= 4 is 39.8 Å². The maximum atomic E-state index is 12.4. The van der Waals surface area contributed by atoms with Gasteiger partial charge in [0.05, 0.1) is 6.42 Å². The Morgan fingerprint density at radius 1 is 1.14 bits per heavy atom. The van der Waals surface area contributed by atoms with E-state index in [4.69, 9.17) is 4.42 Å². The SMILES string of the molecule is Cn1ccsc1=NC(=O)Cc1ccc(NC(=O)c2cc3ccccc3o2)cc1. The molecule has 0 bridgehead atoms. The van der Waals surface area contributed by atoms with Crippen LogP contribution in [0.25, 0.3) is 11.0 Å². The van der Waals surface area contributed by atoms with Gasteiger partial charge in [-0.3, -0.25) is 9.59 Å². The predicted octanol–water partition coefficient (Wildman–Crippen LogP) is 3.76. The normalized spacial score (nSPS) is 11.7. The van der Waals surface area contributed by atoms with E-state index in [1.54, 1.807) is 34.9 Å². The van der Waals surface area contributed by atoms with E-state index in [0.717, 1.165) is 10.9 Å². The van der Waals surface area contributed by atoms with Crippen molar-refractivity contribution in [3.63, 3.8) is 0 Å². The summed E-state index contributed by atoms with van der Waals surface area (Å²) in [6.07, 6.45) is 2.06. The monoisotopic (exact) mass is 391 g/mol. The van der Waals surface area contributed by atoms with E-state index in [-0.39, 0.29) is 24.0 Å². The second kappa shape index (κ2) is 7.66. The van der Waals surface area contributed by atoms with E-state index >= 15 is 0 Å². The van der Waals surface area contributed by atoms with Gasteiger partial charge in [0.15, 0.2) is 10.6 Å². The third-order valence-electron chi connectivity index (χ3n) is 4.20. The Bertz CT molecular complexity index is 1180. The Labute approximate surface area is 164 Å². The first kappa shape index (κ1) is 17.9. The number of thiazole rings is 1. The third kappa shape index (κ3) is 3.94. The molecule has 1 N–H and O–H groups in total. The van der Waals surface area contributed by atoms with Crippen LogP contribution in [-0.4, -0.2) is 16.4 Å². The summed E-state index contributed by atoms with van der Waals surface area (Å²) in [5.41, 5.74) is 2.13. The largest absolute Gasteiger partial charge is 0.451 e. The van der Waals surface area contributed by atoms with Crippen molar-refractivity contribution in [1.29, 1.82) is 0 Å². The van der Waals surface area contributed by atoms with Crippen LogP contribution >= 0.6 is 11.3 Å². The lowest BCUT2D eigenvalue weighted by Gasteiger charge is -2.04. The summed E-state index contributed by atoms with van der Waals surface area (Å²) in [5, 5.41) is 5.56. The minimum atomic E-state index is -0.319. The molecule has 7 heteroatoms. The molecule has 0 spiro atoms. The van der Waals surface area contributed by atoms with Crippen LogP contribution in [0.1, 0.15) is 16.1 Å². The number of furan rings is 1. The number of rotatable bonds is 4. The van der Waals surface area contributed by atoms with Crippen molar-refractivity contribution in [3.8, 4) is 0 Å². The molecule has 0 aliphatic carbocycles. The summed E-state index contributed by atoms with van der Waals surface area (Å²) < 4.78 is 7.37. The lowest BCUT2D eigenvalue weighted by Crippen LogP contribution is -2.13. The zero-order chi connectivity index (χ0) is 19.5. The molecule has 0 radical (unpaired) electrons. The Kier molecular flexibility index (Phi) is 4.90. The Morgan fingerprint density at radius 3 is 2.64 bits per heavy atom. The number of hydrogen-bond donors (Lipinski definition) is 1. The smallest absolute Gasteiger partial charge is 0.291 e. The Balaban J connectivity index is 1.42. The molecule has 2 amide bonds. The van der Waals surface area contributed by atoms with E-state index in [1.165, 1.54) is 11.3 Å². The van der Waals surface area contributed by atoms with Gasteiger partial charge < -0.3 is 14.3 Å². The molecule has 28 heavy (non-hydrogen) atoms. The number of fused-ring (bicyclic) bond motifs is 1. The number of aromatic nitrogens is 1. The Morgan fingerprint density at radius 2 is 1.93 bits per heavy atom. The maximum absolute atomic E-state index is 12.4. The summed E-state index contributed by atoms with van der Waals surface area (Å²) in [5.74, 6) is -0.277. The maximum Gasteiger partial charge on any atom is 0.291 e. The fourth-order valence-corrected chi connectivity index (χ4v) is 3.49. The van der Waals surface area contributed by atoms with Crippen molar-refractivity contribution in [2.24, 2.45) is 12.0 Å². The van der Waals surface area contributed by atoms with Gasteiger partial charge in [-0.15, -0.1) is 11.3 Å². The summed E-state index contributed by atoms with van der Waals surface area (Å²) >= 11 is 1.42. The highest BCUT2D eigenvalue weighted by molar-refractivity contribution is 7.07. The molecule has 0 aliphatic heterocycles. The minimum Gasteiger partial charge on any atom is -0.451 e. The molecule has 140 valence electrons. The van der Waals surface area contributed by atoms with Crippen LogP contribution in [0.15, 0.2) is 75.6 Å². The van der Waals surface area contributed by atoms with Crippen LogP contribution in [0.3, 0.4) is 0 Å². The van der Waals surface area contributed by atoms with Crippen LogP contribution in [0.2, 0.25) is 0 Å². The zero-order valence-electron chi connectivity index (χ0n) is 15.1. The van der Waals surface area contributed by atoms with Gasteiger partial charge in [-0.25, -0.2) is 0 Å². The Hall–Kier alpha value is -3.45. The van der Waals surface area contributed by atoms with E-state index in [2.05, 4.69) is 10.3 Å². The molecule has 0 fully saturated rings. The summed E-state index contributed by atoms with van der Waals surface area (Å²) in [4.78, 5) is 29.3. The van der Waals surface area contributed by atoms with Crippen LogP contribution < -0.4 is 10.1 Å². The molecule has 6 nitrogen and oxygen atoms in total. The second-order valence-corrected chi connectivity index (χ2v) is 7.15. The molecule has 2 heterocycles. The number of aryl methyl sites for hydroxylation is 1. The van der Waals surface area contributed by atoms with Crippen molar-refractivity contribution in [2.75, 3.05) is 5.32 Å². The molecule has 0 aliphatic rings. The molecule has 2 aromatic carbocycles. The van der Waals surface area contributed by atoms with Crippen molar-refractivity contribution < 1.29 is 14.0 Å². The number of nitrogens with one attached hydrogen (secondary N) is 1. The van der Waals surface area contributed by atoms with Crippen LogP contribution in [0.5, 0.6) is 0 Å². The lowest BCUT2D eigenvalue weighted by atomic mass is 10.1. The highest BCUT2D eigenvalue weighted by atomic mass is 32.1. The number of carbonyl (C=O) groups is 2. The number of anilines is 1. The van der Waals surface area contributed by atoms with Gasteiger partial charge in [-0.1, -0.05) is 30.3 Å². The number of carbonyl (C=O) groups excluding carboxylic acids is 2. The first-order valence-electron chi connectivity index (χ1n) is 8.65. The van der Waals surface area contributed by atoms with Gasteiger partial charge in [-0.05, 0) is 29.8 Å². The second-order valence-electron chi connectivity index (χ2n) is 6.28. The molecule has 0 saturated carbocycles. The summed E-state index contributed by atoms with van der Waals surface area (Å²) in [6, 6.07) is 16.3. The third-order valence-corrected chi connectivity index (χ3v) is 5.04. The average molecular weight is 391 g/mol. The quantitative estimate of drug-likeness (QED) is 0.575. The first-order chi connectivity index (χ1) is 13.6. The van der Waals surface area contributed by atoms with Crippen molar-refractivity contribution in [2.45, 2.75) is 6.42 Å². The number of hydrogen-bond acceptors (Lipinski definition) is 4. The fourth-order valence-electron chi connectivity index (χ4n) is 2.75. The van der Waals surface area contributed by atoms with Gasteiger partial charge >= 0.3 is 0 Å². The van der Waals surface area contributed by atoms with Crippen molar-refractivity contribution in [3.05, 3.63) is 82.3 Å².